The van der Waals surface area contributed by atoms with Crippen LogP contribution in [0.2, 0.25) is 0 Å². The van der Waals surface area contributed by atoms with Gasteiger partial charge in [-0.3, -0.25) is 9.00 Å². The van der Waals surface area contributed by atoms with Gasteiger partial charge in [0.1, 0.15) is 0 Å². The van der Waals surface area contributed by atoms with Crippen molar-refractivity contribution in [2.24, 2.45) is 0 Å². The van der Waals surface area contributed by atoms with Crippen LogP contribution in [0.25, 0.3) is 0 Å². The number of carboxylic acids is 1. The first-order chi connectivity index (χ1) is 7.97. The molecule has 0 heterocycles. The first-order valence-electron chi connectivity index (χ1n) is 4.54. The monoisotopic (exact) mass is 264 g/mol. The molecule has 94 valence electrons. The Balaban J connectivity index is 3.01. The molecule has 7 heteroatoms. The third-order valence-corrected chi connectivity index (χ3v) is 3.55. The molecule has 2 atom stereocenters. The molecule has 17 heavy (non-hydrogen) atoms. The Kier molecular flexibility index (Phi) is 4.71. The van der Waals surface area contributed by atoms with E-state index in [0.717, 1.165) is 18.2 Å². The van der Waals surface area contributed by atoms with E-state index in [9.17, 15) is 17.8 Å². The number of benzene rings is 1. The molecule has 4 nitrogen and oxygen atoms in total. The van der Waals surface area contributed by atoms with E-state index in [1.807, 2.05) is 0 Å². The van der Waals surface area contributed by atoms with Crippen molar-refractivity contribution >= 4 is 16.8 Å². The van der Waals surface area contributed by atoms with E-state index in [1.54, 1.807) is 0 Å². The fraction of sp³-hybridized carbons (Fsp3) is 0.300. The van der Waals surface area contributed by atoms with Gasteiger partial charge in [0, 0.05) is 12.0 Å². The summed E-state index contributed by atoms with van der Waals surface area (Å²) in [5.41, 5.74) is 0. The molecule has 0 saturated carbocycles. The summed E-state index contributed by atoms with van der Waals surface area (Å²) < 4.78 is 42.0. The third kappa shape index (κ3) is 3.31. The van der Waals surface area contributed by atoms with Gasteiger partial charge in [0.05, 0.1) is 17.4 Å². The van der Waals surface area contributed by atoms with E-state index in [2.05, 4.69) is 4.74 Å². The summed E-state index contributed by atoms with van der Waals surface area (Å²) >= 11 is 0. The second-order valence-corrected chi connectivity index (χ2v) is 4.79. The fourth-order valence-electron chi connectivity index (χ4n) is 1.14. The Morgan fingerprint density at radius 2 is 2.12 bits per heavy atom. The van der Waals surface area contributed by atoms with Crippen LogP contribution in [0.3, 0.4) is 0 Å². The smallest absolute Gasteiger partial charge is 0.322 e. The first kappa shape index (κ1) is 13.7. The minimum atomic E-state index is -2.00. The summed E-state index contributed by atoms with van der Waals surface area (Å²) in [6.07, 6.45) is 0. The number of ether oxygens (including phenoxy) is 1. The Morgan fingerprint density at radius 1 is 1.47 bits per heavy atom. The lowest BCUT2D eigenvalue weighted by Crippen LogP contribution is -2.30. The topological polar surface area (TPSA) is 63.6 Å². The van der Waals surface area contributed by atoms with Crippen molar-refractivity contribution in [3.8, 4) is 0 Å². The quantitative estimate of drug-likeness (QED) is 0.867. The van der Waals surface area contributed by atoms with Gasteiger partial charge in [0.25, 0.3) is 0 Å². The Hall–Kier alpha value is -1.34. The molecule has 0 bridgehead atoms. The molecule has 1 aromatic rings. The third-order valence-electron chi connectivity index (χ3n) is 1.98. The van der Waals surface area contributed by atoms with Crippen molar-refractivity contribution in [3.05, 3.63) is 29.8 Å². The molecule has 0 aliphatic rings. The molecule has 0 fully saturated rings. The number of hydrogen-bond acceptors (Lipinski definition) is 3. The summed E-state index contributed by atoms with van der Waals surface area (Å²) in [6.45, 7) is -0.277. The molecule has 0 aromatic heterocycles. The molecule has 0 spiro atoms. The number of carbonyl (C=O) groups is 1. The van der Waals surface area contributed by atoms with Crippen molar-refractivity contribution in [2.75, 3.05) is 13.7 Å². The van der Waals surface area contributed by atoms with Gasteiger partial charge in [0.2, 0.25) is 0 Å². The molecular weight excluding hydrogens is 254 g/mol. The Labute approximate surface area is 98.7 Å². The van der Waals surface area contributed by atoms with Crippen LogP contribution < -0.4 is 0 Å². The van der Waals surface area contributed by atoms with Crippen LogP contribution in [0.4, 0.5) is 8.78 Å². The van der Waals surface area contributed by atoms with Gasteiger partial charge in [-0.05, 0) is 18.2 Å². The molecule has 2 unspecified atom stereocenters. The van der Waals surface area contributed by atoms with Crippen molar-refractivity contribution in [3.63, 3.8) is 0 Å². The van der Waals surface area contributed by atoms with Crippen LogP contribution in [0, 0.1) is 11.6 Å². The summed E-state index contributed by atoms with van der Waals surface area (Å²) in [7, 11) is -0.739. The SMILES string of the molecule is COCC(C(=O)O)S(=O)c1ccc(F)c(F)c1. The molecule has 1 N–H and O–H groups in total. The molecule has 0 aliphatic heterocycles. The minimum absolute atomic E-state index is 0.0895. The normalized spacial score (nSPS) is 14.3. The maximum absolute atomic E-state index is 12.9. The highest BCUT2D eigenvalue weighted by Gasteiger charge is 2.26. The van der Waals surface area contributed by atoms with Crippen molar-refractivity contribution in [1.82, 2.24) is 0 Å². The van der Waals surface area contributed by atoms with Gasteiger partial charge < -0.3 is 9.84 Å². The second-order valence-electron chi connectivity index (χ2n) is 3.16. The van der Waals surface area contributed by atoms with Crippen molar-refractivity contribution in [1.29, 1.82) is 0 Å². The summed E-state index contributed by atoms with van der Waals surface area (Å²) in [5.74, 6) is -3.57. The highest BCUT2D eigenvalue weighted by atomic mass is 32.2. The van der Waals surface area contributed by atoms with Crippen LogP contribution in [0.15, 0.2) is 23.1 Å². The van der Waals surface area contributed by atoms with Gasteiger partial charge in [-0.1, -0.05) is 0 Å². The van der Waals surface area contributed by atoms with Gasteiger partial charge in [-0.25, -0.2) is 8.78 Å². The number of hydrogen-bond donors (Lipinski definition) is 1. The van der Waals surface area contributed by atoms with E-state index in [1.165, 1.54) is 7.11 Å². The molecule has 0 aliphatic carbocycles. The standard InChI is InChI=1S/C10H10F2O4S/c1-16-5-9(10(13)14)17(15)6-2-3-7(11)8(12)4-6/h2-4,9H,5H2,1H3,(H,13,14). The molecule has 0 radical (unpaired) electrons. The highest BCUT2D eigenvalue weighted by Crippen LogP contribution is 2.15. The zero-order chi connectivity index (χ0) is 13.0. The number of aliphatic carboxylic acids is 1. The van der Waals surface area contributed by atoms with Gasteiger partial charge in [0.15, 0.2) is 16.9 Å². The zero-order valence-electron chi connectivity index (χ0n) is 8.85. The van der Waals surface area contributed by atoms with Crippen LogP contribution >= 0.6 is 0 Å². The van der Waals surface area contributed by atoms with Crippen LogP contribution in [-0.4, -0.2) is 34.3 Å². The molecule has 0 amide bonds. The van der Waals surface area contributed by atoms with Crippen LogP contribution in [0.5, 0.6) is 0 Å². The zero-order valence-corrected chi connectivity index (χ0v) is 9.67. The van der Waals surface area contributed by atoms with E-state index in [-0.39, 0.29) is 11.5 Å². The highest BCUT2D eigenvalue weighted by molar-refractivity contribution is 7.86. The summed E-state index contributed by atoms with van der Waals surface area (Å²) in [6, 6.07) is 2.60. The van der Waals surface area contributed by atoms with Gasteiger partial charge >= 0.3 is 5.97 Å². The number of rotatable bonds is 5. The molecular formula is C10H10F2O4S. The van der Waals surface area contributed by atoms with E-state index in [4.69, 9.17) is 5.11 Å². The first-order valence-corrected chi connectivity index (χ1v) is 5.76. The summed E-state index contributed by atoms with van der Waals surface area (Å²) in [4.78, 5) is 10.7. The maximum atomic E-state index is 12.9. The van der Waals surface area contributed by atoms with Crippen molar-refractivity contribution < 1.29 is 27.6 Å². The van der Waals surface area contributed by atoms with Crippen molar-refractivity contribution in [2.45, 2.75) is 10.1 Å². The van der Waals surface area contributed by atoms with E-state index >= 15 is 0 Å². The minimum Gasteiger partial charge on any atom is -0.480 e. The van der Waals surface area contributed by atoms with Gasteiger partial charge in [-0.15, -0.1) is 0 Å². The fourth-order valence-corrected chi connectivity index (χ4v) is 2.34. The number of carboxylic acid groups (broad SMARTS) is 1. The van der Waals surface area contributed by atoms with Gasteiger partial charge in [-0.2, -0.15) is 0 Å². The maximum Gasteiger partial charge on any atom is 0.322 e. The lowest BCUT2D eigenvalue weighted by Gasteiger charge is -2.11. The average Bonchev–Trinajstić information content (AvgIpc) is 2.28. The predicted molar refractivity (Wildman–Crippen MR) is 56.1 cm³/mol. The van der Waals surface area contributed by atoms with Crippen LogP contribution in [0.1, 0.15) is 0 Å². The summed E-state index contributed by atoms with van der Waals surface area (Å²) in [5, 5.41) is 7.50. The molecule has 1 rings (SSSR count). The van der Waals surface area contributed by atoms with E-state index < -0.39 is 33.7 Å². The lowest BCUT2D eigenvalue weighted by molar-refractivity contribution is -0.137. The average molecular weight is 264 g/mol. The molecule has 0 saturated heterocycles. The predicted octanol–water partition coefficient (Wildman–Crippen LogP) is 1.17. The second kappa shape index (κ2) is 5.83. The lowest BCUT2D eigenvalue weighted by atomic mass is 10.3. The molecule has 1 aromatic carbocycles. The number of halogens is 2. The van der Waals surface area contributed by atoms with Crippen LogP contribution in [-0.2, 0) is 20.3 Å². The Bertz CT molecular complexity index is 450. The van der Waals surface area contributed by atoms with E-state index in [0.29, 0.717) is 0 Å². The Morgan fingerprint density at radius 3 is 2.59 bits per heavy atom. The number of methoxy groups -OCH3 is 1. The largest absolute Gasteiger partial charge is 0.480 e.